The lowest BCUT2D eigenvalue weighted by molar-refractivity contribution is 0.103. The van der Waals surface area contributed by atoms with Crippen LogP contribution < -0.4 is 5.32 Å². The van der Waals surface area contributed by atoms with Gasteiger partial charge in [0.15, 0.2) is 0 Å². The van der Waals surface area contributed by atoms with Crippen LogP contribution in [0.1, 0.15) is 9.67 Å². The number of pyridine rings is 1. The van der Waals surface area contributed by atoms with Gasteiger partial charge in [-0.3, -0.25) is 9.78 Å². The van der Waals surface area contributed by atoms with Gasteiger partial charge in [-0.1, -0.05) is 23.7 Å². The molecule has 0 unspecified atom stereocenters. The second kappa shape index (κ2) is 6.08. The number of para-hydroxylation sites is 1. The Morgan fingerprint density at radius 2 is 1.81 bits per heavy atom. The zero-order chi connectivity index (χ0) is 14.7. The fourth-order valence-electron chi connectivity index (χ4n) is 1.88. The summed E-state index contributed by atoms with van der Waals surface area (Å²) in [6, 6.07) is 14.8. The molecule has 5 heteroatoms. The lowest BCUT2D eigenvalue weighted by atomic mass is 10.2. The highest BCUT2D eigenvalue weighted by Crippen LogP contribution is 2.29. The molecule has 0 aliphatic heterocycles. The SMILES string of the molecule is O=C(Nc1ccccc1Cl)c1ccc(-c2ccncc2)s1. The Balaban J connectivity index is 1.80. The van der Waals surface area contributed by atoms with Crippen LogP contribution in [0, 0.1) is 0 Å². The van der Waals surface area contributed by atoms with Crippen LogP contribution in [0.3, 0.4) is 0 Å². The maximum atomic E-state index is 12.2. The molecule has 0 radical (unpaired) electrons. The average Bonchev–Trinajstić information content (AvgIpc) is 3.00. The van der Waals surface area contributed by atoms with Gasteiger partial charge in [0, 0.05) is 17.3 Å². The first-order valence-electron chi connectivity index (χ1n) is 6.30. The minimum Gasteiger partial charge on any atom is -0.320 e. The van der Waals surface area contributed by atoms with Gasteiger partial charge in [-0.25, -0.2) is 0 Å². The predicted molar refractivity (Wildman–Crippen MR) is 87.0 cm³/mol. The number of aromatic nitrogens is 1. The van der Waals surface area contributed by atoms with Crippen LogP contribution in [0.25, 0.3) is 10.4 Å². The van der Waals surface area contributed by atoms with Crippen molar-refractivity contribution in [1.82, 2.24) is 4.98 Å². The van der Waals surface area contributed by atoms with Crippen LogP contribution in [-0.4, -0.2) is 10.9 Å². The number of carbonyl (C=O) groups is 1. The van der Waals surface area contributed by atoms with Crippen LogP contribution in [0.4, 0.5) is 5.69 Å². The van der Waals surface area contributed by atoms with Crippen LogP contribution in [0.5, 0.6) is 0 Å². The molecular formula is C16H11ClN2OS. The highest BCUT2D eigenvalue weighted by Gasteiger charge is 2.11. The largest absolute Gasteiger partial charge is 0.320 e. The van der Waals surface area contributed by atoms with Crippen LogP contribution in [0.15, 0.2) is 60.9 Å². The molecule has 3 aromatic rings. The molecule has 0 fully saturated rings. The monoisotopic (exact) mass is 314 g/mol. The van der Waals surface area contributed by atoms with Crippen molar-refractivity contribution in [3.8, 4) is 10.4 Å². The number of thiophene rings is 1. The van der Waals surface area contributed by atoms with Gasteiger partial charge in [0.2, 0.25) is 0 Å². The van der Waals surface area contributed by atoms with Gasteiger partial charge in [-0.2, -0.15) is 0 Å². The fourth-order valence-corrected chi connectivity index (χ4v) is 2.97. The number of nitrogens with zero attached hydrogens (tertiary/aromatic N) is 1. The molecular weight excluding hydrogens is 304 g/mol. The standard InChI is InChI=1S/C16H11ClN2OS/c17-12-3-1-2-4-13(12)19-16(20)15-6-5-14(21-15)11-7-9-18-10-8-11/h1-10H,(H,19,20). The summed E-state index contributed by atoms with van der Waals surface area (Å²) >= 11 is 7.47. The Bertz CT molecular complexity index is 771. The first-order valence-corrected chi connectivity index (χ1v) is 7.49. The number of carbonyl (C=O) groups excluding carboxylic acids is 1. The average molecular weight is 315 g/mol. The van der Waals surface area contributed by atoms with Gasteiger partial charge in [0.05, 0.1) is 15.6 Å². The van der Waals surface area contributed by atoms with E-state index in [9.17, 15) is 4.79 Å². The summed E-state index contributed by atoms with van der Waals surface area (Å²) in [4.78, 5) is 17.9. The quantitative estimate of drug-likeness (QED) is 0.760. The molecule has 21 heavy (non-hydrogen) atoms. The topological polar surface area (TPSA) is 42.0 Å². The Morgan fingerprint density at radius 1 is 1.05 bits per heavy atom. The number of anilines is 1. The summed E-state index contributed by atoms with van der Waals surface area (Å²) in [6.45, 7) is 0. The van der Waals surface area contributed by atoms with Crippen LogP contribution >= 0.6 is 22.9 Å². The van der Waals surface area contributed by atoms with Crippen molar-refractivity contribution in [2.24, 2.45) is 0 Å². The first-order chi connectivity index (χ1) is 10.2. The maximum Gasteiger partial charge on any atom is 0.265 e. The lowest BCUT2D eigenvalue weighted by Crippen LogP contribution is -2.10. The summed E-state index contributed by atoms with van der Waals surface area (Å²) in [5, 5.41) is 3.34. The number of amides is 1. The van der Waals surface area contributed by atoms with Gasteiger partial charge in [-0.05, 0) is 42.0 Å². The highest BCUT2D eigenvalue weighted by atomic mass is 35.5. The van der Waals surface area contributed by atoms with Crippen molar-refractivity contribution in [2.45, 2.75) is 0 Å². The molecule has 1 amide bonds. The number of hydrogen-bond donors (Lipinski definition) is 1. The van der Waals surface area contributed by atoms with Crippen molar-refractivity contribution in [1.29, 1.82) is 0 Å². The molecule has 2 aromatic heterocycles. The number of rotatable bonds is 3. The van der Waals surface area contributed by atoms with Gasteiger partial charge in [0.1, 0.15) is 0 Å². The normalized spacial score (nSPS) is 10.3. The Hall–Kier alpha value is -2.17. The summed E-state index contributed by atoms with van der Waals surface area (Å²) in [6.07, 6.45) is 3.47. The lowest BCUT2D eigenvalue weighted by Gasteiger charge is -2.05. The summed E-state index contributed by atoms with van der Waals surface area (Å²) in [7, 11) is 0. The van der Waals surface area contributed by atoms with Gasteiger partial charge < -0.3 is 5.32 Å². The number of halogens is 1. The van der Waals surface area contributed by atoms with Gasteiger partial charge in [-0.15, -0.1) is 11.3 Å². The Labute approximate surface area is 131 Å². The van der Waals surface area contributed by atoms with E-state index >= 15 is 0 Å². The van der Waals surface area contributed by atoms with Crippen molar-refractivity contribution in [3.63, 3.8) is 0 Å². The van der Waals surface area contributed by atoms with E-state index in [0.717, 1.165) is 10.4 Å². The molecule has 3 nitrogen and oxygen atoms in total. The second-order valence-electron chi connectivity index (χ2n) is 4.33. The van der Waals surface area contributed by atoms with E-state index in [1.54, 1.807) is 24.5 Å². The van der Waals surface area contributed by atoms with E-state index in [4.69, 9.17) is 11.6 Å². The van der Waals surface area contributed by atoms with E-state index in [-0.39, 0.29) is 5.91 Å². The molecule has 104 valence electrons. The first kappa shape index (κ1) is 13.8. The number of nitrogens with one attached hydrogen (secondary N) is 1. The third-order valence-corrected chi connectivity index (χ3v) is 4.38. The number of benzene rings is 1. The predicted octanol–water partition coefficient (Wildman–Crippen LogP) is 4.72. The zero-order valence-electron chi connectivity index (χ0n) is 10.9. The van der Waals surface area contributed by atoms with Crippen molar-refractivity contribution in [3.05, 3.63) is 70.8 Å². The molecule has 0 bridgehead atoms. The Morgan fingerprint density at radius 3 is 2.57 bits per heavy atom. The van der Waals surface area contributed by atoms with Crippen molar-refractivity contribution >= 4 is 34.5 Å². The van der Waals surface area contributed by atoms with Crippen LogP contribution in [-0.2, 0) is 0 Å². The van der Waals surface area contributed by atoms with E-state index in [1.165, 1.54) is 11.3 Å². The smallest absolute Gasteiger partial charge is 0.265 e. The highest BCUT2D eigenvalue weighted by molar-refractivity contribution is 7.17. The molecule has 0 aliphatic carbocycles. The molecule has 0 atom stereocenters. The molecule has 0 saturated carbocycles. The molecule has 1 N–H and O–H groups in total. The summed E-state index contributed by atoms with van der Waals surface area (Å²) in [5.74, 6) is -0.159. The zero-order valence-corrected chi connectivity index (χ0v) is 12.5. The van der Waals surface area contributed by atoms with E-state index < -0.39 is 0 Å². The van der Waals surface area contributed by atoms with Gasteiger partial charge in [0.25, 0.3) is 5.91 Å². The van der Waals surface area contributed by atoms with E-state index in [1.807, 2.05) is 36.4 Å². The summed E-state index contributed by atoms with van der Waals surface area (Å²) < 4.78 is 0. The fraction of sp³-hybridized carbons (Fsp3) is 0. The summed E-state index contributed by atoms with van der Waals surface area (Å²) in [5.41, 5.74) is 1.66. The van der Waals surface area contributed by atoms with Crippen molar-refractivity contribution in [2.75, 3.05) is 5.32 Å². The number of hydrogen-bond acceptors (Lipinski definition) is 3. The third-order valence-electron chi connectivity index (χ3n) is 2.92. The third kappa shape index (κ3) is 3.12. The molecule has 3 rings (SSSR count). The molecule has 2 heterocycles. The van der Waals surface area contributed by atoms with Crippen LogP contribution in [0.2, 0.25) is 5.02 Å². The molecule has 0 saturated heterocycles. The second-order valence-corrected chi connectivity index (χ2v) is 5.82. The minimum absolute atomic E-state index is 0.159. The molecule has 0 spiro atoms. The Kier molecular flexibility index (Phi) is 3.99. The molecule has 1 aromatic carbocycles. The van der Waals surface area contributed by atoms with E-state index in [0.29, 0.717) is 15.6 Å². The minimum atomic E-state index is -0.159. The van der Waals surface area contributed by atoms with Crippen molar-refractivity contribution < 1.29 is 4.79 Å². The van der Waals surface area contributed by atoms with E-state index in [2.05, 4.69) is 10.3 Å². The maximum absolute atomic E-state index is 12.2. The molecule has 0 aliphatic rings. The van der Waals surface area contributed by atoms with Gasteiger partial charge >= 0.3 is 0 Å².